The summed E-state index contributed by atoms with van der Waals surface area (Å²) < 4.78 is 2.18. The summed E-state index contributed by atoms with van der Waals surface area (Å²) in [5.74, 6) is -0.417. The molecule has 1 aliphatic heterocycles. The maximum Gasteiger partial charge on any atom is 0.255 e. The molecule has 5 aromatic rings. The van der Waals surface area contributed by atoms with Crippen LogP contribution in [0.4, 0.5) is 5.69 Å². The van der Waals surface area contributed by atoms with Crippen LogP contribution in [0.2, 0.25) is 0 Å². The average Bonchev–Trinajstić information content (AvgIpc) is 3.36. The van der Waals surface area contributed by atoms with Gasteiger partial charge in [0.2, 0.25) is 5.91 Å². The summed E-state index contributed by atoms with van der Waals surface area (Å²) in [6.45, 7) is -0.0788. The Kier molecular flexibility index (Phi) is 5.34. The maximum atomic E-state index is 13.7. The Bertz CT molecular complexity index is 1590. The number of amides is 2. The van der Waals surface area contributed by atoms with E-state index in [9.17, 15) is 9.59 Å². The summed E-state index contributed by atoms with van der Waals surface area (Å²) in [7, 11) is 2.05. The number of fused-ring (bicyclic) bond motifs is 2. The molecule has 0 fully saturated rings. The molecule has 0 aliphatic carbocycles. The summed E-state index contributed by atoms with van der Waals surface area (Å²) in [6, 6.07) is 29.2. The van der Waals surface area contributed by atoms with E-state index in [-0.39, 0.29) is 18.4 Å². The van der Waals surface area contributed by atoms with Gasteiger partial charge in [-0.05, 0) is 35.4 Å². The van der Waals surface area contributed by atoms with Crippen LogP contribution in [0.25, 0.3) is 22.2 Å². The third-order valence-corrected chi connectivity index (χ3v) is 6.78. The Morgan fingerprint density at radius 1 is 0.917 bits per heavy atom. The summed E-state index contributed by atoms with van der Waals surface area (Å²) in [5, 5.41) is 3.94. The molecule has 0 saturated heterocycles. The second-order valence-electron chi connectivity index (χ2n) is 8.92. The van der Waals surface area contributed by atoms with Gasteiger partial charge in [-0.1, -0.05) is 66.7 Å². The zero-order chi connectivity index (χ0) is 24.6. The fraction of sp³-hybridized carbons (Fsp3) is 0.100. The predicted octanol–water partition coefficient (Wildman–Crippen LogP) is 5.42. The van der Waals surface area contributed by atoms with Gasteiger partial charge in [0, 0.05) is 35.3 Å². The second-order valence-corrected chi connectivity index (χ2v) is 8.92. The number of rotatable bonds is 5. The molecule has 6 rings (SSSR count). The lowest BCUT2D eigenvalue weighted by molar-refractivity contribution is -0.117. The van der Waals surface area contributed by atoms with E-state index in [0.29, 0.717) is 11.3 Å². The molecule has 6 heteroatoms. The van der Waals surface area contributed by atoms with Gasteiger partial charge in [-0.25, -0.2) is 0 Å². The molecule has 36 heavy (non-hydrogen) atoms. The van der Waals surface area contributed by atoms with Crippen LogP contribution in [0.1, 0.15) is 27.5 Å². The summed E-state index contributed by atoms with van der Waals surface area (Å²) in [6.07, 6.45) is 3.24. The third kappa shape index (κ3) is 3.55. The smallest absolute Gasteiger partial charge is 0.255 e. The number of nitrogens with one attached hydrogen (secondary N) is 1. The number of pyridine rings is 1. The molecular weight excluding hydrogens is 448 g/mol. The molecule has 1 N–H and O–H groups in total. The van der Waals surface area contributed by atoms with Crippen LogP contribution in [0.5, 0.6) is 0 Å². The van der Waals surface area contributed by atoms with Gasteiger partial charge in [-0.15, -0.1) is 0 Å². The number of hydrogen-bond acceptors (Lipinski definition) is 3. The van der Waals surface area contributed by atoms with Crippen molar-refractivity contribution in [3.63, 3.8) is 0 Å². The zero-order valence-corrected chi connectivity index (χ0v) is 19.8. The minimum Gasteiger partial charge on any atom is -0.343 e. The Hall–Kier alpha value is -4.71. The van der Waals surface area contributed by atoms with Crippen LogP contribution in [-0.4, -0.2) is 32.8 Å². The van der Waals surface area contributed by atoms with E-state index < -0.39 is 6.04 Å². The van der Waals surface area contributed by atoms with Crippen LogP contribution < -0.4 is 5.32 Å². The Labute approximate surface area is 208 Å². The number of nitrogens with zero attached hydrogens (tertiary/aromatic N) is 3. The molecule has 3 heterocycles. The first-order valence-electron chi connectivity index (χ1n) is 11.9. The molecule has 2 aromatic heterocycles. The van der Waals surface area contributed by atoms with Gasteiger partial charge in [-0.2, -0.15) is 0 Å². The number of aryl methyl sites for hydroxylation is 1. The second kappa shape index (κ2) is 8.82. The minimum absolute atomic E-state index is 0.0788. The van der Waals surface area contributed by atoms with E-state index >= 15 is 0 Å². The highest BCUT2D eigenvalue weighted by atomic mass is 16.2. The SMILES string of the molecule is Cn1c(-c2ccccc2)c(C2c3ccccc3C(=O)N2CC(=O)Nc2cccnc2)c2ccccc21. The van der Waals surface area contributed by atoms with Crippen molar-refractivity contribution >= 4 is 28.4 Å². The van der Waals surface area contributed by atoms with E-state index in [1.165, 1.54) is 0 Å². The summed E-state index contributed by atoms with van der Waals surface area (Å²) in [4.78, 5) is 32.6. The van der Waals surface area contributed by atoms with Crippen LogP contribution in [0.3, 0.4) is 0 Å². The standard InChI is InChI=1S/C30H24N4O2/c1-33-25-16-8-7-15-24(25)27(28(33)20-10-3-2-4-11-20)29-22-13-5-6-14-23(22)30(36)34(29)19-26(35)32-21-12-9-17-31-18-21/h2-18,29H,19H2,1H3,(H,32,35). The van der Waals surface area contributed by atoms with Crippen molar-refractivity contribution in [1.82, 2.24) is 14.5 Å². The van der Waals surface area contributed by atoms with E-state index in [0.717, 1.165) is 33.3 Å². The van der Waals surface area contributed by atoms with Crippen molar-refractivity contribution in [1.29, 1.82) is 0 Å². The fourth-order valence-electron chi connectivity index (χ4n) is 5.28. The molecule has 1 aliphatic rings. The van der Waals surface area contributed by atoms with Crippen molar-refractivity contribution in [3.05, 3.63) is 120 Å². The quantitative estimate of drug-likeness (QED) is 0.371. The predicted molar refractivity (Wildman–Crippen MR) is 141 cm³/mol. The monoisotopic (exact) mass is 472 g/mol. The van der Waals surface area contributed by atoms with Crippen LogP contribution in [-0.2, 0) is 11.8 Å². The first kappa shape index (κ1) is 21.8. The first-order valence-corrected chi connectivity index (χ1v) is 11.9. The molecule has 0 bridgehead atoms. The van der Waals surface area contributed by atoms with Gasteiger partial charge in [-0.3, -0.25) is 14.6 Å². The maximum absolute atomic E-state index is 13.7. The van der Waals surface area contributed by atoms with E-state index in [2.05, 4.69) is 46.2 Å². The van der Waals surface area contributed by atoms with E-state index in [4.69, 9.17) is 0 Å². The highest BCUT2D eigenvalue weighted by Gasteiger charge is 2.41. The van der Waals surface area contributed by atoms with E-state index in [1.54, 1.807) is 29.4 Å². The molecule has 0 spiro atoms. The lowest BCUT2D eigenvalue weighted by Gasteiger charge is -2.26. The molecule has 1 atom stereocenters. The molecule has 6 nitrogen and oxygen atoms in total. The van der Waals surface area contributed by atoms with Crippen molar-refractivity contribution in [3.8, 4) is 11.3 Å². The van der Waals surface area contributed by atoms with Gasteiger partial charge >= 0.3 is 0 Å². The number of hydrogen-bond donors (Lipinski definition) is 1. The van der Waals surface area contributed by atoms with Gasteiger partial charge in [0.1, 0.15) is 6.54 Å². The van der Waals surface area contributed by atoms with Crippen LogP contribution in [0.15, 0.2) is 103 Å². The third-order valence-electron chi connectivity index (χ3n) is 6.78. The lowest BCUT2D eigenvalue weighted by atomic mass is 9.93. The number of carbonyl (C=O) groups is 2. The van der Waals surface area contributed by atoms with Crippen molar-refractivity contribution in [2.75, 3.05) is 11.9 Å². The van der Waals surface area contributed by atoms with Crippen molar-refractivity contribution < 1.29 is 9.59 Å². The normalized spacial score (nSPS) is 14.8. The molecule has 1 unspecified atom stereocenters. The molecule has 2 amide bonds. The topological polar surface area (TPSA) is 67.2 Å². The molecular formula is C30H24N4O2. The van der Waals surface area contributed by atoms with Gasteiger partial charge in [0.25, 0.3) is 5.91 Å². The molecule has 3 aromatic carbocycles. The number of aromatic nitrogens is 2. The van der Waals surface area contributed by atoms with Crippen LogP contribution >= 0.6 is 0 Å². The number of carbonyl (C=O) groups excluding carboxylic acids is 2. The largest absolute Gasteiger partial charge is 0.343 e. The summed E-state index contributed by atoms with van der Waals surface area (Å²) >= 11 is 0. The number of anilines is 1. The van der Waals surface area contributed by atoms with Gasteiger partial charge < -0.3 is 14.8 Å². The zero-order valence-electron chi connectivity index (χ0n) is 19.8. The Morgan fingerprint density at radius 2 is 1.67 bits per heavy atom. The Morgan fingerprint density at radius 3 is 2.47 bits per heavy atom. The van der Waals surface area contributed by atoms with Crippen molar-refractivity contribution in [2.24, 2.45) is 7.05 Å². The van der Waals surface area contributed by atoms with Crippen molar-refractivity contribution in [2.45, 2.75) is 6.04 Å². The highest BCUT2D eigenvalue weighted by Crippen LogP contribution is 2.46. The average molecular weight is 473 g/mol. The molecule has 176 valence electrons. The fourth-order valence-corrected chi connectivity index (χ4v) is 5.28. The lowest BCUT2D eigenvalue weighted by Crippen LogP contribution is -2.36. The Balaban J connectivity index is 1.52. The van der Waals surface area contributed by atoms with Gasteiger partial charge in [0.05, 0.1) is 23.6 Å². The summed E-state index contributed by atoms with van der Waals surface area (Å²) in [5.41, 5.74) is 6.31. The van der Waals surface area contributed by atoms with Gasteiger partial charge in [0.15, 0.2) is 0 Å². The number of para-hydroxylation sites is 1. The molecule has 0 radical (unpaired) electrons. The highest BCUT2D eigenvalue weighted by molar-refractivity contribution is 6.05. The van der Waals surface area contributed by atoms with Crippen LogP contribution in [0, 0.1) is 0 Å². The van der Waals surface area contributed by atoms with E-state index in [1.807, 2.05) is 54.6 Å². The molecule has 0 saturated carbocycles. The number of benzene rings is 3. The first-order chi connectivity index (χ1) is 17.6. The minimum atomic E-state index is -0.408.